The van der Waals surface area contributed by atoms with Crippen molar-refractivity contribution in [1.82, 2.24) is 4.98 Å². The van der Waals surface area contributed by atoms with Gasteiger partial charge in [0.25, 0.3) is 0 Å². The van der Waals surface area contributed by atoms with E-state index in [0.29, 0.717) is 5.92 Å². The topological polar surface area (TPSA) is 25.2 Å². The lowest BCUT2D eigenvalue weighted by Crippen LogP contribution is -1.91. The van der Waals surface area contributed by atoms with Gasteiger partial charge in [-0.15, -0.1) is 0 Å². The summed E-state index contributed by atoms with van der Waals surface area (Å²) in [7, 11) is 0. The van der Waals surface area contributed by atoms with Crippen molar-refractivity contribution in [1.29, 1.82) is 0 Å². The Morgan fingerprint density at radius 3 is 2.55 bits per heavy atom. The second-order valence-electron chi connectivity index (χ2n) is 4.85. The van der Waals surface area contributed by atoms with Gasteiger partial charge in [0.15, 0.2) is 0 Å². The maximum Gasteiger partial charge on any atom is 0.0702 e. The quantitative estimate of drug-likeness (QED) is 0.705. The second-order valence-corrected chi connectivity index (χ2v) is 4.85. The van der Waals surface area contributed by atoms with E-state index in [9.17, 15) is 0 Å². The van der Waals surface area contributed by atoms with E-state index in [0.717, 1.165) is 17.6 Å². The monoisotopic (exact) mass is 268 g/mol. The number of aliphatic imine (C=N–C) groups is 1. The summed E-state index contributed by atoms with van der Waals surface area (Å²) in [5.74, 6) is 0.496. The summed E-state index contributed by atoms with van der Waals surface area (Å²) in [6.45, 7) is 15.7. The SMILES string of the molecule is C=NC(=C)Cc1ccc2ncc(C(C)C)cc2c1.CC. The molecule has 0 fully saturated rings. The average molecular weight is 268 g/mol. The number of aromatic nitrogens is 1. The molecule has 2 nitrogen and oxygen atoms in total. The summed E-state index contributed by atoms with van der Waals surface area (Å²) in [5.41, 5.74) is 4.28. The summed E-state index contributed by atoms with van der Waals surface area (Å²) in [5, 5.41) is 1.18. The van der Waals surface area contributed by atoms with Gasteiger partial charge >= 0.3 is 0 Å². The van der Waals surface area contributed by atoms with E-state index in [1.807, 2.05) is 26.1 Å². The third-order valence-electron chi connectivity index (χ3n) is 3.07. The molecule has 0 spiro atoms. The number of allylic oxidation sites excluding steroid dienone is 1. The molecule has 0 unspecified atom stereocenters. The van der Waals surface area contributed by atoms with E-state index >= 15 is 0 Å². The molecule has 0 saturated carbocycles. The number of pyridine rings is 1. The van der Waals surface area contributed by atoms with Gasteiger partial charge in [-0.05, 0) is 42.0 Å². The van der Waals surface area contributed by atoms with Crippen molar-refractivity contribution in [2.24, 2.45) is 4.99 Å². The maximum absolute atomic E-state index is 4.48. The molecule has 2 aromatic rings. The summed E-state index contributed by atoms with van der Waals surface area (Å²) in [6.07, 6.45) is 2.70. The van der Waals surface area contributed by atoms with E-state index in [1.165, 1.54) is 16.5 Å². The lowest BCUT2D eigenvalue weighted by Gasteiger charge is -2.07. The van der Waals surface area contributed by atoms with Crippen LogP contribution in [0.25, 0.3) is 10.9 Å². The predicted octanol–water partition coefficient (Wildman–Crippen LogP) is 5.14. The van der Waals surface area contributed by atoms with Gasteiger partial charge in [-0.3, -0.25) is 9.98 Å². The predicted molar refractivity (Wildman–Crippen MR) is 89.6 cm³/mol. The summed E-state index contributed by atoms with van der Waals surface area (Å²) >= 11 is 0. The van der Waals surface area contributed by atoms with E-state index in [1.54, 1.807) is 0 Å². The number of fused-ring (bicyclic) bond motifs is 1. The molecule has 1 aromatic heterocycles. The van der Waals surface area contributed by atoms with Crippen LogP contribution in [0.4, 0.5) is 0 Å². The molecule has 0 aliphatic heterocycles. The molecule has 0 radical (unpaired) electrons. The molecule has 0 atom stereocenters. The van der Waals surface area contributed by atoms with Gasteiger partial charge in [0.2, 0.25) is 0 Å². The second kappa shape index (κ2) is 7.59. The van der Waals surface area contributed by atoms with Crippen molar-refractivity contribution >= 4 is 17.6 Å². The number of nitrogens with zero attached hydrogens (tertiary/aromatic N) is 2. The van der Waals surface area contributed by atoms with Crippen LogP contribution in [-0.4, -0.2) is 11.7 Å². The smallest absolute Gasteiger partial charge is 0.0702 e. The van der Waals surface area contributed by atoms with Crippen LogP contribution in [0.1, 0.15) is 44.7 Å². The Morgan fingerprint density at radius 2 is 1.95 bits per heavy atom. The van der Waals surface area contributed by atoms with Crippen LogP contribution in [0.15, 0.2) is 47.7 Å². The first-order chi connectivity index (χ1) is 9.60. The maximum atomic E-state index is 4.48. The fraction of sp³-hybridized carbons (Fsp3) is 0.333. The van der Waals surface area contributed by atoms with Gasteiger partial charge in [-0.2, -0.15) is 0 Å². The molecule has 2 heteroatoms. The molecule has 0 aliphatic rings. The zero-order valence-corrected chi connectivity index (χ0v) is 13.0. The Labute approximate surface area is 122 Å². The zero-order chi connectivity index (χ0) is 15.1. The van der Waals surface area contributed by atoms with Gasteiger partial charge in [0, 0.05) is 23.7 Å². The number of benzene rings is 1. The van der Waals surface area contributed by atoms with E-state index in [4.69, 9.17) is 0 Å². The molecule has 0 aliphatic carbocycles. The van der Waals surface area contributed by atoms with Crippen LogP contribution in [-0.2, 0) is 6.42 Å². The lowest BCUT2D eigenvalue weighted by molar-refractivity contribution is 0.862. The Hall–Kier alpha value is -1.96. The van der Waals surface area contributed by atoms with Crippen molar-refractivity contribution in [3.63, 3.8) is 0 Å². The fourth-order valence-corrected chi connectivity index (χ4v) is 1.92. The Balaban J connectivity index is 0.000000956. The molecule has 106 valence electrons. The van der Waals surface area contributed by atoms with Crippen molar-refractivity contribution in [2.75, 3.05) is 0 Å². The van der Waals surface area contributed by atoms with Gasteiger partial charge in [0.05, 0.1) is 5.52 Å². The molecule has 20 heavy (non-hydrogen) atoms. The molecular formula is C18H24N2. The summed E-state index contributed by atoms with van der Waals surface area (Å²) < 4.78 is 0. The summed E-state index contributed by atoms with van der Waals surface area (Å²) in [6, 6.07) is 8.48. The van der Waals surface area contributed by atoms with Crippen LogP contribution in [0.5, 0.6) is 0 Å². The fourth-order valence-electron chi connectivity index (χ4n) is 1.92. The van der Waals surface area contributed by atoms with Crippen LogP contribution in [0.3, 0.4) is 0 Å². The Bertz CT molecular complexity index is 597. The van der Waals surface area contributed by atoms with Crippen LogP contribution < -0.4 is 0 Å². The van der Waals surface area contributed by atoms with E-state index in [-0.39, 0.29) is 0 Å². The van der Waals surface area contributed by atoms with Crippen molar-refractivity contribution in [3.8, 4) is 0 Å². The number of hydrogen-bond donors (Lipinski definition) is 0. The third-order valence-corrected chi connectivity index (χ3v) is 3.07. The highest BCUT2D eigenvalue weighted by atomic mass is 14.7. The standard InChI is InChI=1S/C16H18N2.C2H6/c1-11(2)15-9-14-8-13(7-12(3)17-4)5-6-16(14)18-10-15;1-2/h5-6,8-11H,3-4,7H2,1-2H3;1-2H3. The first kappa shape index (κ1) is 16.1. The average Bonchev–Trinajstić information content (AvgIpc) is 2.48. The molecule has 0 bridgehead atoms. The van der Waals surface area contributed by atoms with E-state index < -0.39 is 0 Å². The largest absolute Gasteiger partial charge is 0.269 e. The van der Waals surface area contributed by atoms with Crippen molar-refractivity contribution in [3.05, 3.63) is 53.9 Å². The summed E-state index contributed by atoms with van der Waals surface area (Å²) in [4.78, 5) is 8.33. The minimum absolute atomic E-state index is 0.496. The van der Waals surface area contributed by atoms with Gasteiger partial charge in [-0.1, -0.05) is 40.3 Å². The first-order valence-electron chi connectivity index (χ1n) is 7.13. The molecule has 1 aromatic carbocycles. The Kier molecular flexibility index (Phi) is 6.10. The molecule has 0 saturated heterocycles. The van der Waals surface area contributed by atoms with Crippen LogP contribution in [0, 0.1) is 0 Å². The molecule has 1 heterocycles. The minimum Gasteiger partial charge on any atom is -0.269 e. The molecule has 0 amide bonds. The highest BCUT2D eigenvalue weighted by Crippen LogP contribution is 2.21. The lowest BCUT2D eigenvalue weighted by atomic mass is 10.0. The van der Waals surface area contributed by atoms with Crippen LogP contribution in [0.2, 0.25) is 0 Å². The van der Waals surface area contributed by atoms with Crippen molar-refractivity contribution < 1.29 is 0 Å². The van der Waals surface area contributed by atoms with E-state index in [2.05, 4.69) is 55.3 Å². The first-order valence-corrected chi connectivity index (χ1v) is 7.13. The van der Waals surface area contributed by atoms with Crippen LogP contribution >= 0.6 is 0 Å². The normalized spacial score (nSPS) is 10.1. The Morgan fingerprint density at radius 1 is 1.25 bits per heavy atom. The molecule has 0 N–H and O–H groups in total. The number of rotatable bonds is 4. The number of hydrogen-bond acceptors (Lipinski definition) is 2. The molecular weight excluding hydrogens is 244 g/mol. The minimum atomic E-state index is 0.496. The third kappa shape index (κ3) is 4.02. The highest BCUT2D eigenvalue weighted by Gasteiger charge is 2.03. The van der Waals surface area contributed by atoms with Gasteiger partial charge < -0.3 is 0 Å². The molecule has 2 rings (SSSR count). The van der Waals surface area contributed by atoms with Gasteiger partial charge in [0.1, 0.15) is 0 Å². The highest BCUT2D eigenvalue weighted by molar-refractivity contribution is 5.80. The van der Waals surface area contributed by atoms with Gasteiger partial charge in [-0.25, -0.2) is 0 Å². The van der Waals surface area contributed by atoms with Crippen molar-refractivity contribution in [2.45, 2.75) is 40.0 Å². The zero-order valence-electron chi connectivity index (χ0n) is 13.0.